The fourth-order valence-corrected chi connectivity index (χ4v) is 2.26. The maximum atomic E-state index is 11.4. The summed E-state index contributed by atoms with van der Waals surface area (Å²) in [4.78, 5) is 17.8. The van der Waals surface area contributed by atoms with Crippen LogP contribution in [0.15, 0.2) is 12.3 Å². The molecule has 1 saturated heterocycles. The van der Waals surface area contributed by atoms with E-state index in [-0.39, 0.29) is 6.04 Å². The average Bonchev–Trinajstić information content (AvgIpc) is 2.31. The maximum absolute atomic E-state index is 11.4. The Kier molecular flexibility index (Phi) is 3.66. The number of pyridine rings is 1. The number of nitrogen functional groups attached to an aromatic ring is 1. The Labute approximate surface area is 106 Å². The van der Waals surface area contributed by atoms with E-state index in [2.05, 4.69) is 22.2 Å². The maximum Gasteiger partial charge on any atom is 0.252 e. The molecule has 18 heavy (non-hydrogen) atoms. The predicted octanol–water partition coefficient (Wildman–Crippen LogP) is 0.269. The van der Waals surface area contributed by atoms with E-state index in [4.69, 9.17) is 11.5 Å². The summed E-state index contributed by atoms with van der Waals surface area (Å²) in [5.41, 5.74) is 11.7. The van der Waals surface area contributed by atoms with Crippen molar-refractivity contribution in [2.24, 2.45) is 5.73 Å². The van der Waals surface area contributed by atoms with Gasteiger partial charge in [-0.1, -0.05) is 0 Å². The van der Waals surface area contributed by atoms with Crippen molar-refractivity contribution < 1.29 is 4.79 Å². The highest BCUT2D eigenvalue weighted by Gasteiger charge is 2.19. The quantitative estimate of drug-likeness (QED) is 0.714. The molecule has 1 unspecified atom stereocenters. The summed E-state index contributed by atoms with van der Waals surface area (Å²) in [5.74, 6) is 0.0125. The molecule has 0 bridgehead atoms. The average molecular weight is 249 g/mol. The van der Waals surface area contributed by atoms with Gasteiger partial charge in [-0.15, -0.1) is 0 Å². The third kappa shape index (κ3) is 2.89. The van der Waals surface area contributed by atoms with E-state index in [1.54, 1.807) is 6.07 Å². The molecule has 2 rings (SSSR count). The van der Waals surface area contributed by atoms with E-state index in [1.165, 1.54) is 6.20 Å². The first-order valence-electron chi connectivity index (χ1n) is 6.06. The van der Waals surface area contributed by atoms with Gasteiger partial charge in [0.25, 0.3) is 5.91 Å². The molecule has 5 N–H and O–H groups in total. The molecule has 98 valence electrons. The molecule has 1 aromatic rings. The summed E-state index contributed by atoms with van der Waals surface area (Å²) in [7, 11) is 2.08. The third-order valence-electron chi connectivity index (χ3n) is 3.14. The number of nitrogens with one attached hydrogen (secondary N) is 1. The van der Waals surface area contributed by atoms with Crippen LogP contribution in [0.1, 0.15) is 23.2 Å². The van der Waals surface area contributed by atoms with E-state index in [0.29, 0.717) is 17.1 Å². The van der Waals surface area contributed by atoms with Gasteiger partial charge in [0.1, 0.15) is 5.82 Å². The molecule has 6 nitrogen and oxygen atoms in total. The molecular formula is C12H19N5O. The van der Waals surface area contributed by atoms with Crippen molar-refractivity contribution in [2.45, 2.75) is 18.9 Å². The molecule has 1 amide bonds. The zero-order valence-electron chi connectivity index (χ0n) is 10.5. The minimum absolute atomic E-state index is 0.290. The van der Waals surface area contributed by atoms with Crippen molar-refractivity contribution in [3.05, 3.63) is 17.8 Å². The number of piperidine rings is 1. The first kappa shape index (κ1) is 12.6. The van der Waals surface area contributed by atoms with E-state index in [1.807, 2.05) is 0 Å². The van der Waals surface area contributed by atoms with Crippen LogP contribution in [0.2, 0.25) is 0 Å². The van der Waals surface area contributed by atoms with Crippen LogP contribution < -0.4 is 16.8 Å². The van der Waals surface area contributed by atoms with E-state index >= 15 is 0 Å². The zero-order valence-corrected chi connectivity index (χ0v) is 10.5. The molecule has 0 aromatic carbocycles. The Balaban J connectivity index is 2.15. The van der Waals surface area contributed by atoms with Crippen LogP contribution in [0.4, 0.5) is 11.5 Å². The number of likely N-dealkylation sites (N-methyl/N-ethyl adjacent to an activating group) is 1. The van der Waals surface area contributed by atoms with Gasteiger partial charge >= 0.3 is 0 Å². The van der Waals surface area contributed by atoms with Crippen molar-refractivity contribution in [1.82, 2.24) is 9.88 Å². The van der Waals surface area contributed by atoms with Gasteiger partial charge in [0, 0.05) is 12.6 Å². The molecule has 1 atom stereocenters. The number of primary amides is 1. The molecule has 1 aliphatic heterocycles. The first-order chi connectivity index (χ1) is 8.56. The van der Waals surface area contributed by atoms with Crippen LogP contribution >= 0.6 is 0 Å². The minimum Gasteiger partial charge on any atom is -0.397 e. The molecule has 0 radical (unpaired) electrons. The number of carbonyl (C=O) groups is 1. The lowest BCUT2D eigenvalue weighted by Gasteiger charge is -2.30. The van der Waals surface area contributed by atoms with Crippen molar-refractivity contribution in [2.75, 3.05) is 31.2 Å². The standard InChI is InChI=1S/C12H19N5O/c1-17-4-2-3-9(7-17)16-12-10(11(14)18)5-8(13)6-15-12/h5-6,9H,2-4,7,13H2,1H3,(H2,14,18)(H,15,16). The Morgan fingerprint density at radius 3 is 3.06 bits per heavy atom. The van der Waals surface area contributed by atoms with Crippen molar-refractivity contribution in [1.29, 1.82) is 0 Å². The van der Waals surface area contributed by atoms with Gasteiger partial charge in [-0.05, 0) is 32.5 Å². The molecule has 1 aliphatic rings. The summed E-state index contributed by atoms with van der Waals surface area (Å²) in [6, 6.07) is 1.85. The zero-order chi connectivity index (χ0) is 13.1. The first-order valence-corrected chi connectivity index (χ1v) is 6.06. The van der Waals surface area contributed by atoms with Crippen LogP contribution in [0.5, 0.6) is 0 Å². The van der Waals surface area contributed by atoms with E-state index in [9.17, 15) is 4.79 Å². The Bertz CT molecular complexity index is 448. The topological polar surface area (TPSA) is 97.3 Å². The lowest BCUT2D eigenvalue weighted by atomic mass is 10.1. The second kappa shape index (κ2) is 5.22. The van der Waals surface area contributed by atoms with Crippen molar-refractivity contribution >= 4 is 17.4 Å². The summed E-state index contributed by atoms with van der Waals surface area (Å²) in [5, 5.41) is 3.28. The monoisotopic (exact) mass is 249 g/mol. The third-order valence-corrected chi connectivity index (χ3v) is 3.14. The number of anilines is 2. The van der Waals surface area contributed by atoms with Gasteiger partial charge in [-0.3, -0.25) is 4.79 Å². The molecule has 1 aromatic heterocycles. The minimum atomic E-state index is -0.513. The van der Waals surface area contributed by atoms with Gasteiger partial charge in [0.05, 0.1) is 17.4 Å². The molecule has 6 heteroatoms. The van der Waals surface area contributed by atoms with E-state index < -0.39 is 5.91 Å². The summed E-state index contributed by atoms with van der Waals surface area (Å²) < 4.78 is 0. The van der Waals surface area contributed by atoms with Crippen LogP contribution in [0.25, 0.3) is 0 Å². The number of rotatable bonds is 3. The highest BCUT2D eigenvalue weighted by molar-refractivity contribution is 5.98. The Morgan fingerprint density at radius 1 is 1.61 bits per heavy atom. The van der Waals surface area contributed by atoms with Crippen LogP contribution in [0.3, 0.4) is 0 Å². The lowest BCUT2D eigenvalue weighted by Crippen LogP contribution is -2.40. The molecule has 0 aliphatic carbocycles. The number of likely N-dealkylation sites (tertiary alicyclic amines) is 1. The van der Waals surface area contributed by atoms with Gasteiger partial charge in [-0.2, -0.15) is 0 Å². The van der Waals surface area contributed by atoms with Crippen molar-refractivity contribution in [3.8, 4) is 0 Å². The second-order valence-corrected chi connectivity index (χ2v) is 4.77. The summed E-state index contributed by atoms with van der Waals surface area (Å²) >= 11 is 0. The Morgan fingerprint density at radius 2 is 2.39 bits per heavy atom. The molecule has 2 heterocycles. The fourth-order valence-electron chi connectivity index (χ4n) is 2.26. The number of carbonyl (C=O) groups excluding carboxylic acids is 1. The fraction of sp³-hybridized carbons (Fsp3) is 0.500. The summed E-state index contributed by atoms with van der Waals surface area (Å²) in [6.45, 7) is 2.04. The van der Waals surface area contributed by atoms with Crippen LogP contribution in [0, 0.1) is 0 Å². The number of hydrogen-bond donors (Lipinski definition) is 3. The lowest BCUT2D eigenvalue weighted by molar-refractivity contribution is 0.100. The molecule has 0 saturated carbocycles. The number of hydrogen-bond acceptors (Lipinski definition) is 5. The number of aromatic nitrogens is 1. The van der Waals surface area contributed by atoms with Crippen molar-refractivity contribution in [3.63, 3.8) is 0 Å². The van der Waals surface area contributed by atoms with Gasteiger partial charge < -0.3 is 21.7 Å². The smallest absolute Gasteiger partial charge is 0.252 e. The molecule has 1 fully saturated rings. The molecule has 0 spiro atoms. The summed E-state index contributed by atoms with van der Waals surface area (Å²) in [6.07, 6.45) is 3.73. The van der Waals surface area contributed by atoms with Gasteiger partial charge in [0.15, 0.2) is 0 Å². The molecular weight excluding hydrogens is 230 g/mol. The highest BCUT2D eigenvalue weighted by Crippen LogP contribution is 2.19. The number of nitrogens with two attached hydrogens (primary N) is 2. The van der Waals surface area contributed by atoms with Crippen LogP contribution in [-0.2, 0) is 0 Å². The van der Waals surface area contributed by atoms with Gasteiger partial charge in [0.2, 0.25) is 0 Å². The number of amides is 1. The van der Waals surface area contributed by atoms with E-state index in [0.717, 1.165) is 25.9 Å². The predicted molar refractivity (Wildman–Crippen MR) is 71.3 cm³/mol. The highest BCUT2D eigenvalue weighted by atomic mass is 16.1. The van der Waals surface area contributed by atoms with Gasteiger partial charge in [-0.25, -0.2) is 4.98 Å². The second-order valence-electron chi connectivity index (χ2n) is 4.77. The SMILES string of the molecule is CN1CCCC(Nc2ncc(N)cc2C(N)=O)C1. The largest absolute Gasteiger partial charge is 0.397 e. The normalized spacial score (nSPS) is 20.6. The van der Waals surface area contributed by atoms with Crippen LogP contribution in [-0.4, -0.2) is 42.0 Å². The Hall–Kier alpha value is -1.82. The number of nitrogens with zero attached hydrogens (tertiary/aromatic N) is 2.